The second-order valence-electron chi connectivity index (χ2n) is 5.47. The fourth-order valence-corrected chi connectivity index (χ4v) is 2.69. The molecule has 0 aliphatic carbocycles. The van der Waals surface area contributed by atoms with Crippen molar-refractivity contribution in [3.63, 3.8) is 0 Å². The number of methoxy groups -OCH3 is 1. The van der Waals surface area contributed by atoms with Crippen molar-refractivity contribution >= 4 is 29.1 Å². The number of benzene rings is 1. The van der Waals surface area contributed by atoms with Gasteiger partial charge in [-0.15, -0.1) is 0 Å². The van der Waals surface area contributed by atoms with E-state index in [1.807, 2.05) is 0 Å². The van der Waals surface area contributed by atoms with Gasteiger partial charge in [0.05, 0.1) is 19.3 Å². The number of anilines is 1. The number of likely N-dealkylation sites (N-methyl/N-ethyl adjacent to an activating group) is 1. The van der Waals surface area contributed by atoms with Crippen molar-refractivity contribution < 1.29 is 19.1 Å². The van der Waals surface area contributed by atoms with E-state index in [1.54, 1.807) is 25.2 Å². The molecular weight excluding hydrogens is 320 g/mol. The molecule has 2 rings (SSSR count). The molecule has 2 amide bonds. The summed E-state index contributed by atoms with van der Waals surface area (Å²) < 4.78 is 10.4. The van der Waals surface area contributed by atoms with Crippen molar-refractivity contribution in [2.45, 2.75) is 12.8 Å². The van der Waals surface area contributed by atoms with Gasteiger partial charge in [-0.2, -0.15) is 0 Å². The standard InChI is InChI=1S/C16H21ClN2O4/c1-19(16(21)11-5-7-23-8-6-11)10-15(20)18-13-9-12(17)3-4-14(13)22-2/h3-4,9,11H,5-8,10H2,1-2H3,(H,18,20). The molecule has 0 bridgehead atoms. The van der Waals surface area contributed by atoms with E-state index in [9.17, 15) is 9.59 Å². The fourth-order valence-electron chi connectivity index (χ4n) is 2.52. The summed E-state index contributed by atoms with van der Waals surface area (Å²) >= 11 is 5.93. The van der Waals surface area contributed by atoms with Crippen molar-refractivity contribution in [3.05, 3.63) is 23.2 Å². The van der Waals surface area contributed by atoms with Crippen molar-refractivity contribution in [3.8, 4) is 5.75 Å². The molecule has 0 radical (unpaired) electrons. The first-order chi connectivity index (χ1) is 11.0. The highest BCUT2D eigenvalue weighted by molar-refractivity contribution is 6.31. The highest BCUT2D eigenvalue weighted by Gasteiger charge is 2.25. The maximum Gasteiger partial charge on any atom is 0.244 e. The molecule has 23 heavy (non-hydrogen) atoms. The number of carbonyl (C=O) groups excluding carboxylic acids is 2. The average molecular weight is 341 g/mol. The molecule has 1 aromatic rings. The van der Waals surface area contributed by atoms with Crippen LogP contribution in [0.5, 0.6) is 5.75 Å². The Kier molecular flexibility index (Phi) is 6.24. The number of nitrogens with one attached hydrogen (secondary N) is 1. The Balaban J connectivity index is 1.93. The van der Waals surface area contributed by atoms with Crippen molar-refractivity contribution in [2.75, 3.05) is 39.2 Å². The Hall–Kier alpha value is -1.79. The van der Waals surface area contributed by atoms with Crippen LogP contribution in [0.15, 0.2) is 18.2 Å². The van der Waals surface area contributed by atoms with E-state index in [-0.39, 0.29) is 24.3 Å². The van der Waals surface area contributed by atoms with Gasteiger partial charge in [-0.25, -0.2) is 0 Å². The summed E-state index contributed by atoms with van der Waals surface area (Å²) in [6, 6.07) is 4.96. The van der Waals surface area contributed by atoms with Crippen LogP contribution in [0.3, 0.4) is 0 Å². The van der Waals surface area contributed by atoms with Crippen LogP contribution >= 0.6 is 11.6 Å². The molecule has 6 nitrogen and oxygen atoms in total. The van der Waals surface area contributed by atoms with Crippen LogP contribution in [0.4, 0.5) is 5.69 Å². The van der Waals surface area contributed by atoms with E-state index in [2.05, 4.69) is 5.32 Å². The van der Waals surface area contributed by atoms with Gasteiger partial charge in [0.15, 0.2) is 0 Å². The first-order valence-electron chi connectivity index (χ1n) is 7.47. The molecule has 0 unspecified atom stereocenters. The topological polar surface area (TPSA) is 67.9 Å². The monoisotopic (exact) mass is 340 g/mol. The predicted molar refractivity (Wildman–Crippen MR) is 87.8 cm³/mol. The minimum absolute atomic E-state index is 0.0220. The zero-order chi connectivity index (χ0) is 16.8. The van der Waals surface area contributed by atoms with E-state index in [1.165, 1.54) is 12.0 Å². The van der Waals surface area contributed by atoms with Crippen molar-refractivity contribution in [1.82, 2.24) is 4.90 Å². The number of amides is 2. The normalized spacial score (nSPS) is 15.1. The quantitative estimate of drug-likeness (QED) is 0.892. The van der Waals surface area contributed by atoms with E-state index in [4.69, 9.17) is 21.1 Å². The number of ether oxygens (including phenoxy) is 2. The molecule has 1 heterocycles. The second kappa shape index (κ2) is 8.17. The Morgan fingerprint density at radius 2 is 2.09 bits per heavy atom. The molecule has 1 saturated heterocycles. The number of hydrogen-bond acceptors (Lipinski definition) is 4. The first kappa shape index (κ1) is 17.6. The maximum atomic E-state index is 12.3. The third-order valence-corrected chi connectivity index (χ3v) is 4.00. The Bertz CT molecular complexity index is 573. The minimum atomic E-state index is -0.298. The third kappa shape index (κ3) is 4.84. The Morgan fingerprint density at radius 3 is 2.74 bits per heavy atom. The zero-order valence-corrected chi connectivity index (χ0v) is 14.1. The van der Waals surface area contributed by atoms with Gasteiger partial charge in [0.2, 0.25) is 11.8 Å². The average Bonchev–Trinajstić information content (AvgIpc) is 2.55. The minimum Gasteiger partial charge on any atom is -0.495 e. The predicted octanol–water partition coefficient (Wildman–Crippen LogP) is 2.17. The van der Waals surface area contributed by atoms with Crippen LogP contribution in [-0.2, 0) is 14.3 Å². The van der Waals surface area contributed by atoms with E-state index in [0.29, 0.717) is 42.5 Å². The number of halogens is 1. The molecule has 0 atom stereocenters. The van der Waals surface area contributed by atoms with E-state index in [0.717, 1.165) is 0 Å². The lowest BCUT2D eigenvalue weighted by Gasteiger charge is -2.26. The summed E-state index contributed by atoms with van der Waals surface area (Å²) in [6.07, 6.45) is 1.40. The van der Waals surface area contributed by atoms with Crippen LogP contribution in [0.2, 0.25) is 5.02 Å². The molecule has 1 fully saturated rings. The highest BCUT2D eigenvalue weighted by Crippen LogP contribution is 2.27. The number of hydrogen-bond donors (Lipinski definition) is 1. The smallest absolute Gasteiger partial charge is 0.244 e. The zero-order valence-electron chi connectivity index (χ0n) is 13.3. The fraction of sp³-hybridized carbons (Fsp3) is 0.500. The summed E-state index contributed by atoms with van der Waals surface area (Å²) in [7, 11) is 3.15. The van der Waals surface area contributed by atoms with Crippen molar-refractivity contribution in [1.29, 1.82) is 0 Å². The number of nitrogens with zero attached hydrogens (tertiary/aromatic N) is 1. The van der Waals surface area contributed by atoms with Gasteiger partial charge in [0.1, 0.15) is 5.75 Å². The Labute approximate surface area is 140 Å². The summed E-state index contributed by atoms with van der Waals surface area (Å²) in [4.78, 5) is 25.9. The second-order valence-corrected chi connectivity index (χ2v) is 5.91. The highest BCUT2D eigenvalue weighted by atomic mass is 35.5. The van der Waals surface area contributed by atoms with Gasteiger partial charge in [-0.1, -0.05) is 11.6 Å². The lowest BCUT2D eigenvalue weighted by molar-refractivity contribution is -0.139. The van der Waals surface area contributed by atoms with Crippen LogP contribution < -0.4 is 10.1 Å². The van der Waals surface area contributed by atoms with E-state index >= 15 is 0 Å². The molecule has 1 aromatic carbocycles. The van der Waals surface area contributed by atoms with Crippen LogP contribution in [0, 0.1) is 5.92 Å². The molecule has 0 saturated carbocycles. The first-order valence-corrected chi connectivity index (χ1v) is 7.85. The largest absolute Gasteiger partial charge is 0.495 e. The van der Waals surface area contributed by atoms with Crippen LogP contribution in [-0.4, -0.2) is 50.6 Å². The maximum absolute atomic E-state index is 12.3. The summed E-state index contributed by atoms with van der Waals surface area (Å²) in [5, 5.41) is 3.22. The van der Waals surface area contributed by atoms with Gasteiger partial charge in [0, 0.05) is 31.2 Å². The van der Waals surface area contributed by atoms with Crippen molar-refractivity contribution in [2.24, 2.45) is 5.92 Å². The summed E-state index contributed by atoms with van der Waals surface area (Å²) in [6.45, 7) is 1.16. The SMILES string of the molecule is COc1ccc(Cl)cc1NC(=O)CN(C)C(=O)C1CCOCC1. The summed E-state index contributed by atoms with van der Waals surface area (Å²) in [5.41, 5.74) is 0.483. The van der Waals surface area contributed by atoms with Gasteiger partial charge in [-0.05, 0) is 31.0 Å². The number of carbonyl (C=O) groups is 2. The van der Waals surface area contributed by atoms with Crippen LogP contribution in [0.25, 0.3) is 0 Å². The lowest BCUT2D eigenvalue weighted by Crippen LogP contribution is -2.40. The van der Waals surface area contributed by atoms with Crippen LogP contribution in [0.1, 0.15) is 12.8 Å². The van der Waals surface area contributed by atoms with Gasteiger partial charge >= 0.3 is 0 Å². The molecule has 1 aliphatic heterocycles. The molecule has 1 aliphatic rings. The summed E-state index contributed by atoms with van der Waals surface area (Å²) in [5.74, 6) is 0.124. The van der Waals surface area contributed by atoms with Gasteiger partial charge in [-0.3, -0.25) is 9.59 Å². The number of rotatable bonds is 5. The van der Waals surface area contributed by atoms with Gasteiger partial charge in [0.25, 0.3) is 0 Å². The third-order valence-electron chi connectivity index (χ3n) is 3.76. The Morgan fingerprint density at radius 1 is 1.39 bits per heavy atom. The molecule has 0 spiro atoms. The van der Waals surface area contributed by atoms with Gasteiger partial charge < -0.3 is 19.7 Å². The van der Waals surface area contributed by atoms with E-state index < -0.39 is 0 Å². The molecule has 126 valence electrons. The molecule has 1 N–H and O–H groups in total. The molecular formula is C16H21ClN2O4. The molecule has 0 aromatic heterocycles. The molecule has 7 heteroatoms. The lowest BCUT2D eigenvalue weighted by atomic mass is 9.99.